The van der Waals surface area contributed by atoms with Gasteiger partial charge >= 0.3 is 0 Å². The lowest BCUT2D eigenvalue weighted by atomic mass is 9.93. The van der Waals surface area contributed by atoms with E-state index in [0.717, 1.165) is 29.7 Å². The van der Waals surface area contributed by atoms with Gasteiger partial charge in [0.1, 0.15) is 5.71 Å². The fourth-order valence-electron chi connectivity index (χ4n) is 3.97. The van der Waals surface area contributed by atoms with Crippen LogP contribution in [0.1, 0.15) is 63.0 Å². The Morgan fingerprint density at radius 3 is 2.62 bits per heavy atom. The molecule has 0 aromatic heterocycles. The van der Waals surface area contributed by atoms with Crippen LogP contribution < -0.4 is 5.01 Å². The molecule has 3 rings (SSSR count). The number of hydrogen-bond acceptors (Lipinski definition) is 3. The van der Waals surface area contributed by atoms with E-state index in [1.54, 1.807) is 0 Å². The minimum Gasteiger partial charge on any atom is -0.335 e. The molecule has 1 saturated carbocycles. The van der Waals surface area contributed by atoms with Crippen LogP contribution >= 0.6 is 0 Å². The van der Waals surface area contributed by atoms with E-state index in [1.807, 2.05) is 43.9 Å². The summed E-state index contributed by atoms with van der Waals surface area (Å²) in [5.41, 5.74) is 3.35. The number of amides is 2. The Labute approximate surface area is 156 Å². The molecule has 140 valence electrons. The van der Waals surface area contributed by atoms with Crippen LogP contribution in [0.4, 0.5) is 5.69 Å². The number of nitrogens with zero attached hydrogens (tertiary/aromatic N) is 3. The lowest BCUT2D eigenvalue weighted by Gasteiger charge is -2.35. The number of anilines is 1. The minimum absolute atomic E-state index is 0.00204. The smallest absolute Gasteiger partial charge is 0.270 e. The molecule has 1 heterocycles. The van der Waals surface area contributed by atoms with Gasteiger partial charge in [0.2, 0.25) is 5.91 Å². The van der Waals surface area contributed by atoms with Crippen molar-refractivity contribution in [3.63, 3.8) is 0 Å². The van der Waals surface area contributed by atoms with Crippen LogP contribution in [0, 0.1) is 13.8 Å². The molecule has 1 aliphatic carbocycles. The van der Waals surface area contributed by atoms with Crippen molar-refractivity contribution in [3.05, 3.63) is 29.3 Å². The second-order valence-corrected chi connectivity index (χ2v) is 7.43. The summed E-state index contributed by atoms with van der Waals surface area (Å²) in [6.07, 6.45) is 6.56. The molecule has 5 heteroatoms. The standard InChI is InChI=1S/C21H29N3O2/c1-4-23(17-8-6-5-7-9-17)21(26)18-12-13-20(25)24(22-18)19-14-15(2)10-11-16(19)3/h10-11,14,17H,4-9,12-13H2,1-3H3. The summed E-state index contributed by atoms with van der Waals surface area (Å²) in [5, 5.41) is 5.95. The molecule has 1 aromatic rings. The van der Waals surface area contributed by atoms with Crippen molar-refractivity contribution in [1.29, 1.82) is 0 Å². The molecule has 0 spiro atoms. The zero-order valence-electron chi connectivity index (χ0n) is 16.1. The quantitative estimate of drug-likeness (QED) is 0.821. The van der Waals surface area contributed by atoms with E-state index in [4.69, 9.17) is 0 Å². The maximum Gasteiger partial charge on any atom is 0.270 e. The van der Waals surface area contributed by atoms with Gasteiger partial charge in [-0.25, -0.2) is 5.01 Å². The maximum absolute atomic E-state index is 13.1. The summed E-state index contributed by atoms with van der Waals surface area (Å²) in [6, 6.07) is 6.29. The van der Waals surface area contributed by atoms with Gasteiger partial charge in [-0.1, -0.05) is 31.4 Å². The van der Waals surface area contributed by atoms with Gasteiger partial charge in [0, 0.05) is 25.4 Å². The van der Waals surface area contributed by atoms with Gasteiger partial charge in [-0.2, -0.15) is 5.10 Å². The topological polar surface area (TPSA) is 53.0 Å². The average Bonchev–Trinajstić information content (AvgIpc) is 2.65. The van der Waals surface area contributed by atoms with Crippen LogP contribution in [0.25, 0.3) is 0 Å². The van der Waals surface area contributed by atoms with E-state index >= 15 is 0 Å². The Morgan fingerprint density at radius 2 is 1.92 bits per heavy atom. The van der Waals surface area contributed by atoms with Gasteiger partial charge in [0.15, 0.2) is 0 Å². The van der Waals surface area contributed by atoms with Crippen LogP contribution in [0.3, 0.4) is 0 Å². The molecule has 1 aromatic carbocycles. The maximum atomic E-state index is 13.1. The number of hydrazone groups is 1. The number of aryl methyl sites for hydroxylation is 2. The predicted molar refractivity (Wildman–Crippen MR) is 104 cm³/mol. The SMILES string of the molecule is CCN(C(=O)C1=NN(c2cc(C)ccc2C)C(=O)CC1)C1CCCCC1. The highest BCUT2D eigenvalue weighted by Gasteiger charge is 2.31. The number of carbonyl (C=O) groups excluding carboxylic acids is 2. The highest BCUT2D eigenvalue weighted by atomic mass is 16.2. The van der Waals surface area contributed by atoms with Crippen molar-refractivity contribution in [2.75, 3.05) is 11.6 Å². The third kappa shape index (κ3) is 3.81. The van der Waals surface area contributed by atoms with E-state index in [9.17, 15) is 9.59 Å². The summed E-state index contributed by atoms with van der Waals surface area (Å²) in [6.45, 7) is 6.69. The van der Waals surface area contributed by atoms with Crippen molar-refractivity contribution in [2.45, 2.75) is 71.8 Å². The summed E-state index contributed by atoms with van der Waals surface area (Å²) >= 11 is 0. The van der Waals surface area contributed by atoms with Crippen molar-refractivity contribution in [2.24, 2.45) is 5.10 Å². The first kappa shape index (κ1) is 18.6. The largest absolute Gasteiger partial charge is 0.335 e. The van der Waals surface area contributed by atoms with Gasteiger partial charge in [0.05, 0.1) is 5.69 Å². The molecule has 5 nitrogen and oxygen atoms in total. The molecule has 1 fully saturated rings. The second kappa shape index (κ2) is 8.02. The molecular formula is C21H29N3O2. The van der Waals surface area contributed by atoms with E-state index in [-0.39, 0.29) is 11.8 Å². The van der Waals surface area contributed by atoms with Gasteiger partial charge in [-0.05, 0) is 50.8 Å². The zero-order chi connectivity index (χ0) is 18.7. The van der Waals surface area contributed by atoms with E-state index in [0.29, 0.717) is 31.1 Å². The van der Waals surface area contributed by atoms with E-state index < -0.39 is 0 Å². The second-order valence-electron chi connectivity index (χ2n) is 7.43. The first-order valence-corrected chi connectivity index (χ1v) is 9.80. The number of hydrogen-bond donors (Lipinski definition) is 0. The van der Waals surface area contributed by atoms with Crippen molar-refractivity contribution >= 4 is 23.2 Å². The molecule has 0 unspecified atom stereocenters. The monoisotopic (exact) mass is 355 g/mol. The normalized spacial score (nSPS) is 18.7. The Bertz CT molecular complexity index is 720. The lowest BCUT2D eigenvalue weighted by Crippen LogP contribution is -2.47. The molecule has 0 bridgehead atoms. The number of rotatable bonds is 4. The Balaban J connectivity index is 1.87. The summed E-state index contributed by atoms with van der Waals surface area (Å²) in [5.74, 6) is -0.0434. The Kier molecular flexibility index (Phi) is 5.74. The van der Waals surface area contributed by atoms with E-state index in [2.05, 4.69) is 5.10 Å². The van der Waals surface area contributed by atoms with Gasteiger partial charge < -0.3 is 4.90 Å². The molecule has 2 amide bonds. The minimum atomic E-state index is -0.0454. The molecule has 1 aliphatic heterocycles. The third-order valence-electron chi connectivity index (χ3n) is 5.49. The van der Waals surface area contributed by atoms with Crippen LogP contribution in [-0.4, -0.2) is 35.0 Å². The van der Waals surface area contributed by atoms with Crippen molar-refractivity contribution in [3.8, 4) is 0 Å². The Morgan fingerprint density at radius 1 is 1.19 bits per heavy atom. The summed E-state index contributed by atoms with van der Waals surface area (Å²) in [4.78, 5) is 27.5. The van der Waals surface area contributed by atoms with E-state index in [1.165, 1.54) is 24.3 Å². The van der Waals surface area contributed by atoms with Crippen molar-refractivity contribution in [1.82, 2.24) is 4.90 Å². The molecule has 0 radical (unpaired) electrons. The molecule has 0 N–H and O–H groups in total. The predicted octanol–water partition coefficient (Wildman–Crippen LogP) is 3.97. The highest BCUT2D eigenvalue weighted by molar-refractivity contribution is 6.40. The summed E-state index contributed by atoms with van der Waals surface area (Å²) in [7, 11) is 0. The molecule has 0 saturated heterocycles. The van der Waals surface area contributed by atoms with Gasteiger partial charge in [0.25, 0.3) is 5.91 Å². The fraction of sp³-hybridized carbons (Fsp3) is 0.571. The van der Waals surface area contributed by atoms with Crippen LogP contribution in [0.15, 0.2) is 23.3 Å². The number of carbonyl (C=O) groups is 2. The van der Waals surface area contributed by atoms with Crippen LogP contribution in [0.5, 0.6) is 0 Å². The zero-order valence-corrected chi connectivity index (χ0v) is 16.1. The third-order valence-corrected chi connectivity index (χ3v) is 5.49. The van der Waals surface area contributed by atoms with Crippen molar-refractivity contribution < 1.29 is 9.59 Å². The van der Waals surface area contributed by atoms with Crippen LogP contribution in [0.2, 0.25) is 0 Å². The van der Waals surface area contributed by atoms with Crippen LogP contribution in [-0.2, 0) is 9.59 Å². The molecular weight excluding hydrogens is 326 g/mol. The molecule has 0 atom stereocenters. The van der Waals surface area contributed by atoms with Gasteiger partial charge in [-0.15, -0.1) is 0 Å². The molecule has 2 aliphatic rings. The molecule has 26 heavy (non-hydrogen) atoms. The fourth-order valence-corrected chi connectivity index (χ4v) is 3.97. The first-order valence-electron chi connectivity index (χ1n) is 9.80. The summed E-state index contributed by atoms with van der Waals surface area (Å²) < 4.78 is 0. The lowest BCUT2D eigenvalue weighted by molar-refractivity contribution is -0.127. The number of benzene rings is 1. The van der Waals surface area contributed by atoms with Gasteiger partial charge in [-0.3, -0.25) is 9.59 Å². The Hall–Kier alpha value is -2.17. The average molecular weight is 355 g/mol. The highest BCUT2D eigenvalue weighted by Crippen LogP contribution is 2.27. The first-order chi connectivity index (χ1) is 12.5.